The molecule has 0 radical (unpaired) electrons. The Morgan fingerprint density at radius 3 is 2.62 bits per heavy atom. The van der Waals surface area contributed by atoms with Crippen LogP contribution in [0.4, 0.5) is 0 Å². The highest BCUT2D eigenvalue weighted by atomic mass is 16.7. The van der Waals surface area contributed by atoms with Gasteiger partial charge in [0.05, 0.1) is 6.61 Å². The van der Waals surface area contributed by atoms with Gasteiger partial charge in [0, 0.05) is 0 Å². The Labute approximate surface area is 74.6 Å². The third-order valence-corrected chi connectivity index (χ3v) is 2.29. The van der Waals surface area contributed by atoms with E-state index < -0.39 is 30.7 Å². The summed E-state index contributed by atoms with van der Waals surface area (Å²) >= 11 is 0. The van der Waals surface area contributed by atoms with Crippen LogP contribution in [0.2, 0.25) is 0 Å². The Balaban J connectivity index is 2.08. The second kappa shape index (κ2) is 3.49. The van der Waals surface area contributed by atoms with Gasteiger partial charge in [0.25, 0.3) is 0 Å². The van der Waals surface area contributed by atoms with Gasteiger partial charge in [-0.3, -0.25) is 0 Å². The third-order valence-electron chi connectivity index (χ3n) is 2.29. The third kappa shape index (κ3) is 1.56. The predicted molar refractivity (Wildman–Crippen MR) is 38.6 cm³/mol. The van der Waals surface area contributed by atoms with Crippen molar-refractivity contribution >= 4 is 0 Å². The van der Waals surface area contributed by atoms with E-state index in [0.717, 1.165) is 0 Å². The maximum atomic E-state index is 9.47. The van der Waals surface area contributed by atoms with Crippen molar-refractivity contribution < 1.29 is 29.5 Å². The lowest BCUT2D eigenvalue weighted by Crippen LogP contribution is -2.61. The van der Waals surface area contributed by atoms with Gasteiger partial charge in [-0.2, -0.15) is 0 Å². The molecule has 0 saturated carbocycles. The fraction of sp³-hybridized carbons (Fsp3) is 1.00. The second-order valence-electron chi connectivity index (χ2n) is 3.17. The Morgan fingerprint density at radius 2 is 1.85 bits per heavy atom. The predicted octanol–water partition coefficient (Wildman–Crippen LogP) is -2.20. The molecule has 0 aromatic carbocycles. The van der Waals surface area contributed by atoms with Crippen molar-refractivity contribution in [3.05, 3.63) is 0 Å². The Bertz CT molecular complexity index is 184. The first-order chi connectivity index (χ1) is 6.20. The lowest BCUT2D eigenvalue weighted by Gasteiger charge is -2.42. The van der Waals surface area contributed by atoms with Crippen molar-refractivity contribution in [2.75, 3.05) is 13.4 Å². The highest BCUT2D eigenvalue weighted by Gasteiger charge is 2.46. The zero-order chi connectivity index (χ0) is 9.42. The topological polar surface area (TPSA) is 88.4 Å². The first-order valence-electron chi connectivity index (χ1n) is 4.09. The fourth-order valence-electron chi connectivity index (χ4n) is 1.55. The monoisotopic (exact) mass is 192 g/mol. The number of rotatable bonds is 0. The van der Waals surface area contributed by atoms with Crippen LogP contribution in [0.1, 0.15) is 0 Å². The molecule has 3 N–H and O–H groups in total. The molecule has 2 fully saturated rings. The maximum absolute atomic E-state index is 9.47. The van der Waals surface area contributed by atoms with Gasteiger partial charge < -0.3 is 29.5 Å². The average Bonchev–Trinajstić information content (AvgIpc) is 2.15. The number of aliphatic hydroxyl groups excluding tert-OH is 3. The zero-order valence-electron chi connectivity index (χ0n) is 6.87. The minimum absolute atomic E-state index is 0.0738. The SMILES string of the molecule is OC1OC2COCOC2C(O)C1O. The van der Waals surface area contributed by atoms with E-state index >= 15 is 0 Å². The van der Waals surface area contributed by atoms with Crippen LogP contribution in [0, 0.1) is 0 Å². The Kier molecular flexibility index (Phi) is 2.50. The van der Waals surface area contributed by atoms with E-state index in [2.05, 4.69) is 0 Å². The van der Waals surface area contributed by atoms with Crippen LogP contribution < -0.4 is 0 Å². The lowest BCUT2D eigenvalue weighted by atomic mass is 9.99. The molecule has 76 valence electrons. The minimum atomic E-state index is -1.37. The van der Waals surface area contributed by atoms with Gasteiger partial charge in [0.1, 0.15) is 31.2 Å². The molecule has 0 aliphatic carbocycles. The number of hydrogen-bond acceptors (Lipinski definition) is 6. The lowest BCUT2D eigenvalue weighted by molar-refractivity contribution is -0.329. The summed E-state index contributed by atoms with van der Waals surface area (Å²) in [5, 5.41) is 27.9. The standard InChI is InChI=1S/C7H12O6/c8-4-5(9)7(10)13-3-1-11-2-12-6(3)4/h3-10H,1-2H2. The Hall–Kier alpha value is -0.240. The van der Waals surface area contributed by atoms with Crippen LogP contribution in [0.15, 0.2) is 0 Å². The zero-order valence-corrected chi connectivity index (χ0v) is 6.87. The molecule has 2 heterocycles. The van der Waals surface area contributed by atoms with Crippen molar-refractivity contribution in [1.29, 1.82) is 0 Å². The highest BCUT2D eigenvalue weighted by Crippen LogP contribution is 2.24. The van der Waals surface area contributed by atoms with Gasteiger partial charge in [-0.25, -0.2) is 0 Å². The molecule has 6 nitrogen and oxygen atoms in total. The molecule has 13 heavy (non-hydrogen) atoms. The smallest absolute Gasteiger partial charge is 0.184 e. The van der Waals surface area contributed by atoms with Gasteiger partial charge in [0.15, 0.2) is 6.29 Å². The largest absolute Gasteiger partial charge is 0.387 e. The summed E-state index contributed by atoms with van der Waals surface area (Å²) in [6.07, 6.45) is -4.95. The molecule has 0 bridgehead atoms. The first-order valence-corrected chi connectivity index (χ1v) is 4.09. The van der Waals surface area contributed by atoms with E-state index in [-0.39, 0.29) is 13.4 Å². The van der Waals surface area contributed by atoms with Crippen LogP contribution in [-0.2, 0) is 14.2 Å². The van der Waals surface area contributed by atoms with Crippen molar-refractivity contribution in [3.63, 3.8) is 0 Å². The van der Waals surface area contributed by atoms with Crippen LogP contribution >= 0.6 is 0 Å². The van der Waals surface area contributed by atoms with Gasteiger partial charge in [0.2, 0.25) is 0 Å². The summed E-state index contributed by atoms with van der Waals surface area (Å²) < 4.78 is 14.9. The van der Waals surface area contributed by atoms with Gasteiger partial charge in [-0.15, -0.1) is 0 Å². The van der Waals surface area contributed by atoms with Gasteiger partial charge in [-0.1, -0.05) is 0 Å². The van der Waals surface area contributed by atoms with Crippen LogP contribution in [0.5, 0.6) is 0 Å². The number of aliphatic hydroxyl groups is 3. The molecule has 0 spiro atoms. The maximum Gasteiger partial charge on any atom is 0.184 e. The molecule has 2 saturated heterocycles. The van der Waals surface area contributed by atoms with Crippen molar-refractivity contribution in [3.8, 4) is 0 Å². The van der Waals surface area contributed by atoms with E-state index in [9.17, 15) is 10.2 Å². The molecular formula is C7H12O6. The van der Waals surface area contributed by atoms with E-state index in [1.165, 1.54) is 0 Å². The summed E-state index contributed by atoms with van der Waals surface area (Å²) in [6.45, 7) is 0.329. The van der Waals surface area contributed by atoms with E-state index in [4.69, 9.17) is 19.3 Å². The molecule has 2 aliphatic heterocycles. The normalized spacial score (nSPS) is 51.5. The summed E-state index contributed by atoms with van der Waals surface area (Å²) in [4.78, 5) is 0. The van der Waals surface area contributed by atoms with E-state index in [1.807, 2.05) is 0 Å². The molecule has 0 aromatic rings. The van der Waals surface area contributed by atoms with Crippen LogP contribution in [0.25, 0.3) is 0 Å². The minimum Gasteiger partial charge on any atom is -0.387 e. The molecule has 2 aliphatic rings. The molecule has 5 atom stereocenters. The molecule has 5 unspecified atom stereocenters. The molecule has 0 amide bonds. The molecule has 0 aromatic heterocycles. The summed E-state index contributed by atoms with van der Waals surface area (Å²) in [5.74, 6) is 0. The van der Waals surface area contributed by atoms with Crippen LogP contribution in [-0.4, -0.2) is 59.4 Å². The highest BCUT2D eigenvalue weighted by molar-refractivity contribution is 4.90. The van der Waals surface area contributed by atoms with Gasteiger partial charge >= 0.3 is 0 Å². The van der Waals surface area contributed by atoms with Gasteiger partial charge in [-0.05, 0) is 0 Å². The number of hydrogen-bond donors (Lipinski definition) is 3. The fourth-order valence-corrected chi connectivity index (χ4v) is 1.55. The van der Waals surface area contributed by atoms with Crippen LogP contribution in [0.3, 0.4) is 0 Å². The Morgan fingerprint density at radius 1 is 1.08 bits per heavy atom. The molecule has 6 heteroatoms. The number of ether oxygens (including phenoxy) is 3. The summed E-state index contributed by atoms with van der Waals surface area (Å²) in [6, 6.07) is 0. The average molecular weight is 192 g/mol. The number of fused-ring (bicyclic) bond motifs is 1. The second-order valence-corrected chi connectivity index (χ2v) is 3.17. The van der Waals surface area contributed by atoms with Crippen molar-refractivity contribution in [2.24, 2.45) is 0 Å². The summed E-state index contributed by atoms with van der Waals surface area (Å²) in [5.41, 5.74) is 0. The summed E-state index contributed by atoms with van der Waals surface area (Å²) in [7, 11) is 0. The molecular weight excluding hydrogens is 180 g/mol. The van der Waals surface area contributed by atoms with Crippen molar-refractivity contribution in [1.82, 2.24) is 0 Å². The first kappa shape index (κ1) is 9.32. The quantitative estimate of drug-likeness (QED) is 0.403. The van der Waals surface area contributed by atoms with Crippen molar-refractivity contribution in [2.45, 2.75) is 30.7 Å². The molecule has 2 rings (SSSR count). The van der Waals surface area contributed by atoms with E-state index in [0.29, 0.717) is 0 Å². The van der Waals surface area contributed by atoms with E-state index in [1.54, 1.807) is 0 Å².